The molecular formula is C20H20ClN3O4S. The van der Waals surface area contributed by atoms with Gasteiger partial charge in [-0.05, 0) is 48.7 Å². The number of sulfonamides is 1. The van der Waals surface area contributed by atoms with Gasteiger partial charge in [0.15, 0.2) is 0 Å². The van der Waals surface area contributed by atoms with E-state index < -0.39 is 21.3 Å². The van der Waals surface area contributed by atoms with E-state index in [0.29, 0.717) is 11.4 Å². The zero-order valence-electron chi connectivity index (χ0n) is 16.0. The Morgan fingerprint density at radius 1 is 1.28 bits per heavy atom. The minimum Gasteiger partial charge on any atom is -0.495 e. The molecule has 1 aliphatic carbocycles. The van der Waals surface area contributed by atoms with Gasteiger partial charge in [0.2, 0.25) is 15.9 Å². The molecule has 2 aromatic rings. The summed E-state index contributed by atoms with van der Waals surface area (Å²) in [6.07, 6.45) is 1.68. The van der Waals surface area contributed by atoms with Gasteiger partial charge in [0.05, 0.1) is 35.1 Å². The molecule has 9 heteroatoms. The van der Waals surface area contributed by atoms with Crippen LogP contribution in [0.15, 0.2) is 47.4 Å². The van der Waals surface area contributed by atoms with Gasteiger partial charge in [-0.25, -0.2) is 8.42 Å². The Labute approximate surface area is 174 Å². The number of halogens is 1. The topological polar surface area (TPSA) is 99.5 Å². The predicted molar refractivity (Wildman–Crippen MR) is 109 cm³/mol. The van der Waals surface area contributed by atoms with Gasteiger partial charge in [0.1, 0.15) is 5.75 Å². The standard InChI is InChI=1S/C20H20ClN3O4S/c1-24(29(26,27)16-7-8-18(28-2)17(21)11-16)12-19(25)23-15-5-3-14(4-6-15)20(13-22)9-10-20/h3-8,11H,9-10,12H2,1-2H3,(H,23,25). The van der Waals surface area contributed by atoms with Crippen LogP contribution < -0.4 is 10.1 Å². The molecule has 0 atom stereocenters. The van der Waals surface area contributed by atoms with E-state index in [-0.39, 0.29) is 16.5 Å². The van der Waals surface area contributed by atoms with Crippen molar-refractivity contribution >= 4 is 33.2 Å². The highest BCUT2D eigenvalue weighted by Crippen LogP contribution is 2.47. The maximum atomic E-state index is 12.7. The zero-order chi connectivity index (χ0) is 21.2. The second-order valence-electron chi connectivity index (χ2n) is 6.88. The van der Waals surface area contributed by atoms with Crippen molar-refractivity contribution in [1.29, 1.82) is 5.26 Å². The summed E-state index contributed by atoms with van der Waals surface area (Å²) >= 11 is 6.01. The van der Waals surface area contributed by atoms with Crippen LogP contribution in [0.2, 0.25) is 5.02 Å². The number of methoxy groups -OCH3 is 1. The van der Waals surface area contributed by atoms with E-state index in [4.69, 9.17) is 16.3 Å². The van der Waals surface area contributed by atoms with Gasteiger partial charge in [-0.1, -0.05) is 23.7 Å². The molecule has 1 amide bonds. The number of nitriles is 1. The summed E-state index contributed by atoms with van der Waals surface area (Å²) in [5.41, 5.74) is 1.07. The molecule has 29 heavy (non-hydrogen) atoms. The van der Waals surface area contributed by atoms with Crippen molar-refractivity contribution in [2.45, 2.75) is 23.2 Å². The Morgan fingerprint density at radius 3 is 2.45 bits per heavy atom. The first-order chi connectivity index (χ1) is 13.7. The number of ether oxygens (including phenoxy) is 1. The lowest BCUT2D eigenvalue weighted by atomic mass is 9.98. The largest absolute Gasteiger partial charge is 0.495 e. The number of carbonyl (C=O) groups excluding carboxylic acids is 1. The smallest absolute Gasteiger partial charge is 0.243 e. The molecule has 0 bridgehead atoms. The lowest BCUT2D eigenvalue weighted by Crippen LogP contribution is -2.35. The van der Waals surface area contributed by atoms with Gasteiger partial charge in [-0.3, -0.25) is 4.79 Å². The monoisotopic (exact) mass is 433 g/mol. The fourth-order valence-electron chi connectivity index (χ4n) is 2.94. The van der Waals surface area contributed by atoms with Gasteiger partial charge in [-0.2, -0.15) is 9.57 Å². The number of nitrogens with one attached hydrogen (secondary N) is 1. The number of rotatable bonds is 7. The minimum atomic E-state index is -3.90. The van der Waals surface area contributed by atoms with Crippen molar-refractivity contribution in [3.8, 4) is 11.8 Å². The first-order valence-corrected chi connectivity index (χ1v) is 10.7. The normalized spacial score (nSPS) is 14.9. The highest BCUT2D eigenvalue weighted by molar-refractivity contribution is 7.89. The Hall–Kier alpha value is -2.60. The summed E-state index contributed by atoms with van der Waals surface area (Å²) in [4.78, 5) is 12.3. The quantitative estimate of drug-likeness (QED) is 0.722. The Kier molecular flexibility index (Phi) is 5.85. The summed E-state index contributed by atoms with van der Waals surface area (Å²) in [6, 6.07) is 13.5. The van der Waals surface area contributed by atoms with Crippen LogP contribution in [-0.2, 0) is 20.2 Å². The molecule has 7 nitrogen and oxygen atoms in total. The van der Waals surface area contributed by atoms with Gasteiger partial charge in [-0.15, -0.1) is 0 Å². The third-order valence-corrected chi connectivity index (χ3v) is 6.98. The van der Waals surface area contributed by atoms with Gasteiger partial charge < -0.3 is 10.1 Å². The maximum absolute atomic E-state index is 12.7. The molecule has 0 radical (unpaired) electrons. The molecule has 2 aromatic carbocycles. The third-order valence-electron chi connectivity index (χ3n) is 4.88. The van der Waals surface area contributed by atoms with Crippen LogP contribution in [0.25, 0.3) is 0 Å². The predicted octanol–water partition coefficient (Wildman–Crippen LogP) is 3.16. The number of likely N-dealkylation sites (N-methyl/N-ethyl adjacent to an activating group) is 1. The summed E-state index contributed by atoms with van der Waals surface area (Å²) in [5.74, 6) is -0.122. The Morgan fingerprint density at radius 2 is 1.93 bits per heavy atom. The lowest BCUT2D eigenvalue weighted by molar-refractivity contribution is -0.116. The number of nitrogens with zero attached hydrogens (tertiary/aromatic N) is 2. The van der Waals surface area contributed by atoms with Crippen molar-refractivity contribution in [1.82, 2.24) is 4.31 Å². The molecule has 0 heterocycles. The minimum absolute atomic E-state index is 0.0332. The van der Waals surface area contributed by atoms with E-state index in [0.717, 1.165) is 22.7 Å². The molecule has 1 fully saturated rings. The zero-order valence-corrected chi connectivity index (χ0v) is 17.5. The van der Waals surface area contributed by atoms with E-state index in [9.17, 15) is 18.5 Å². The van der Waals surface area contributed by atoms with Crippen LogP contribution in [0, 0.1) is 11.3 Å². The average molecular weight is 434 g/mol. The van der Waals surface area contributed by atoms with Crippen LogP contribution in [0.4, 0.5) is 5.69 Å². The number of benzene rings is 2. The second kappa shape index (κ2) is 8.03. The Balaban J connectivity index is 1.65. The lowest BCUT2D eigenvalue weighted by Gasteiger charge is -2.17. The van der Waals surface area contributed by atoms with Crippen molar-refractivity contribution in [3.05, 3.63) is 53.1 Å². The van der Waals surface area contributed by atoms with Crippen molar-refractivity contribution in [2.75, 3.05) is 26.0 Å². The summed E-state index contributed by atoms with van der Waals surface area (Å²) in [6.45, 7) is -0.365. The first-order valence-electron chi connectivity index (χ1n) is 8.83. The second-order valence-corrected chi connectivity index (χ2v) is 9.33. The molecule has 1 N–H and O–H groups in total. The molecule has 152 valence electrons. The van der Waals surface area contributed by atoms with E-state index in [1.807, 2.05) is 12.1 Å². The molecule has 0 spiro atoms. The molecule has 0 unspecified atom stereocenters. The number of anilines is 1. The molecule has 1 aliphatic rings. The highest BCUT2D eigenvalue weighted by Gasteiger charge is 2.44. The van der Waals surface area contributed by atoms with E-state index in [2.05, 4.69) is 11.4 Å². The number of hydrogen-bond acceptors (Lipinski definition) is 5. The van der Waals surface area contributed by atoms with Crippen LogP contribution in [0.1, 0.15) is 18.4 Å². The van der Waals surface area contributed by atoms with E-state index >= 15 is 0 Å². The fraction of sp³-hybridized carbons (Fsp3) is 0.300. The van der Waals surface area contributed by atoms with Gasteiger partial charge in [0.25, 0.3) is 0 Å². The van der Waals surface area contributed by atoms with Crippen LogP contribution >= 0.6 is 11.6 Å². The number of carbonyl (C=O) groups is 1. The van der Waals surface area contributed by atoms with Crippen molar-refractivity contribution < 1.29 is 17.9 Å². The molecular weight excluding hydrogens is 414 g/mol. The SMILES string of the molecule is COc1ccc(S(=O)(=O)N(C)CC(=O)Nc2ccc(C3(C#N)CC3)cc2)cc1Cl. The number of hydrogen-bond donors (Lipinski definition) is 1. The van der Waals surface area contributed by atoms with Crippen LogP contribution in [0.5, 0.6) is 5.75 Å². The molecule has 3 rings (SSSR count). The Bertz CT molecular complexity index is 1070. The molecule has 0 saturated heterocycles. The maximum Gasteiger partial charge on any atom is 0.243 e. The highest BCUT2D eigenvalue weighted by atomic mass is 35.5. The van der Waals surface area contributed by atoms with Gasteiger partial charge in [0, 0.05) is 12.7 Å². The van der Waals surface area contributed by atoms with Crippen LogP contribution in [0.3, 0.4) is 0 Å². The van der Waals surface area contributed by atoms with E-state index in [1.54, 1.807) is 12.1 Å². The molecule has 0 aromatic heterocycles. The van der Waals surface area contributed by atoms with Gasteiger partial charge >= 0.3 is 0 Å². The third kappa shape index (κ3) is 4.37. The van der Waals surface area contributed by atoms with Crippen molar-refractivity contribution in [2.24, 2.45) is 0 Å². The van der Waals surface area contributed by atoms with Crippen molar-refractivity contribution in [3.63, 3.8) is 0 Å². The summed E-state index contributed by atoms with van der Waals surface area (Å²) < 4.78 is 31.3. The summed E-state index contributed by atoms with van der Waals surface area (Å²) in [7, 11) is -1.15. The first kappa shape index (κ1) is 21.1. The molecule has 1 saturated carbocycles. The summed E-state index contributed by atoms with van der Waals surface area (Å²) in [5, 5.41) is 12.1. The van der Waals surface area contributed by atoms with Crippen LogP contribution in [-0.4, -0.2) is 39.3 Å². The average Bonchev–Trinajstić information content (AvgIpc) is 3.49. The van der Waals surface area contributed by atoms with E-state index in [1.165, 1.54) is 32.4 Å². The fourth-order valence-corrected chi connectivity index (χ4v) is 4.41. The number of amides is 1. The molecule has 0 aliphatic heterocycles.